The van der Waals surface area contributed by atoms with Gasteiger partial charge in [-0.1, -0.05) is 20.4 Å². The van der Waals surface area contributed by atoms with Crippen LogP contribution in [0, 0.1) is 5.82 Å². The van der Waals surface area contributed by atoms with E-state index >= 15 is 0 Å². The molecule has 0 atom stereocenters. The van der Waals surface area contributed by atoms with E-state index in [-0.39, 0.29) is 5.82 Å². The van der Waals surface area contributed by atoms with Gasteiger partial charge in [-0.2, -0.15) is 5.10 Å². The molecule has 0 unspecified atom stereocenters. The third-order valence-corrected chi connectivity index (χ3v) is 7.98. The highest BCUT2D eigenvalue weighted by Gasteiger charge is 2.30. The zero-order valence-electron chi connectivity index (χ0n) is 22.7. The maximum absolute atomic E-state index is 13.4. The number of hydrogen-bond acceptors (Lipinski definition) is 7. The van der Waals surface area contributed by atoms with Gasteiger partial charge in [0.05, 0.1) is 24.9 Å². The standard InChI is InChI=1S/C28H39FN6OS/c1-7-21(5)27(32(6)28-30-25(19-37-28)22-9-11-23(29)12-10-22)35(20(3)4)31-26(8-2)34-15-13-33(14-16-34)24-17-36-18-24/h9-12,19,24H,3,7-8,13-18H2,1-2,4-6H3/b27-21+,31-26+. The van der Waals surface area contributed by atoms with Crippen LogP contribution in [-0.4, -0.2) is 78.1 Å². The molecular formula is C28H39FN6OS. The Labute approximate surface area is 224 Å². The predicted octanol–water partition coefficient (Wildman–Crippen LogP) is 5.60. The molecule has 3 heterocycles. The van der Waals surface area contributed by atoms with Crippen LogP contribution in [0.3, 0.4) is 0 Å². The molecule has 2 aliphatic heterocycles. The van der Waals surface area contributed by atoms with Crippen molar-refractivity contribution in [3.05, 3.63) is 59.1 Å². The van der Waals surface area contributed by atoms with Crippen molar-refractivity contribution in [1.82, 2.24) is 19.8 Å². The van der Waals surface area contributed by atoms with Crippen LogP contribution < -0.4 is 4.90 Å². The highest BCUT2D eigenvalue weighted by Crippen LogP contribution is 2.32. The van der Waals surface area contributed by atoms with E-state index in [0.29, 0.717) is 6.04 Å². The first-order valence-corrected chi connectivity index (χ1v) is 13.9. The average molecular weight is 527 g/mol. The van der Waals surface area contributed by atoms with Gasteiger partial charge in [0.15, 0.2) is 5.13 Å². The summed E-state index contributed by atoms with van der Waals surface area (Å²) in [5.41, 5.74) is 3.76. The molecule has 200 valence electrons. The monoisotopic (exact) mass is 526 g/mol. The van der Waals surface area contributed by atoms with Crippen molar-refractivity contribution in [2.45, 2.75) is 46.6 Å². The largest absolute Gasteiger partial charge is 0.378 e. The minimum Gasteiger partial charge on any atom is -0.378 e. The third kappa shape index (κ3) is 6.22. The minimum atomic E-state index is -0.250. The van der Waals surface area contributed by atoms with E-state index < -0.39 is 0 Å². The second-order valence-corrected chi connectivity index (χ2v) is 10.5. The highest BCUT2D eigenvalue weighted by atomic mass is 32.1. The summed E-state index contributed by atoms with van der Waals surface area (Å²) in [7, 11) is 2.03. The Hall–Kier alpha value is -2.75. The molecule has 1 aromatic carbocycles. The fraction of sp³-hybridized carbons (Fsp3) is 0.500. The summed E-state index contributed by atoms with van der Waals surface area (Å²) in [5.74, 6) is 1.78. The number of piperazine rings is 1. The molecule has 37 heavy (non-hydrogen) atoms. The Balaban J connectivity index is 1.58. The van der Waals surface area contributed by atoms with Gasteiger partial charge in [0, 0.05) is 56.3 Å². The molecule has 9 heteroatoms. The number of thiazole rings is 1. The van der Waals surface area contributed by atoms with Crippen LogP contribution >= 0.6 is 11.3 Å². The molecule has 0 bridgehead atoms. The summed E-state index contributed by atoms with van der Waals surface area (Å²) in [5, 5.41) is 10.0. The number of allylic oxidation sites excluding steroid dienone is 2. The molecule has 0 N–H and O–H groups in total. The predicted molar refractivity (Wildman–Crippen MR) is 151 cm³/mol. The van der Waals surface area contributed by atoms with Crippen LogP contribution in [0.15, 0.2) is 58.4 Å². The van der Waals surface area contributed by atoms with E-state index in [1.165, 1.54) is 17.7 Å². The lowest BCUT2D eigenvalue weighted by Crippen LogP contribution is -2.57. The number of ether oxygens (including phenoxy) is 1. The van der Waals surface area contributed by atoms with E-state index in [4.69, 9.17) is 14.8 Å². The molecule has 0 saturated carbocycles. The molecular weight excluding hydrogens is 487 g/mol. The molecule has 7 nitrogen and oxygen atoms in total. The number of hydrazone groups is 1. The number of halogens is 1. The lowest BCUT2D eigenvalue weighted by atomic mass is 10.2. The van der Waals surface area contributed by atoms with Crippen molar-refractivity contribution in [3.63, 3.8) is 0 Å². The van der Waals surface area contributed by atoms with Gasteiger partial charge >= 0.3 is 0 Å². The maximum atomic E-state index is 13.4. The smallest absolute Gasteiger partial charge is 0.191 e. The molecule has 0 amide bonds. The van der Waals surface area contributed by atoms with Gasteiger partial charge in [0.2, 0.25) is 0 Å². The summed E-state index contributed by atoms with van der Waals surface area (Å²) in [6.45, 7) is 18.4. The van der Waals surface area contributed by atoms with Gasteiger partial charge in [0.25, 0.3) is 0 Å². The number of nitrogens with zero attached hydrogens (tertiary/aromatic N) is 6. The Morgan fingerprint density at radius 3 is 2.35 bits per heavy atom. The van der Waals surface area contributed by atoms with Crippen molar-refractivity contribution in [2.24, 2.45) is 5.10 Å². The van der Waals surface area contributed by atoms with Gasteiger partial charge in [-0.25, -0.2) is 14.4 Å². The van der Waals surface area contributed by atoms with E-state index in [0.717, 1.165) is 86.0 Å². The Morgan fingerprint density at radius 1 is 1.14 bits per heavy atom. The number of hydrogen-bond donors (Lipinski definition) is 0. The van der Waals surface area contributed by atoms with Gasteiger partial charge in [-0.3, -0.25) is 4.90 Å². The molecule has 1 aromatic heterocycles. The van der Waals surface area contributed by atoms with Crippen molar-refractivity contribution < 1.29 is 9.13 Å². The molecule has 4 rings (SSSR count). The average Bonchev–Trinajstić information content (AvgIpc) is 3.36. The highest BCUT2D eigenvalue weighted by molar-refractivity contribution is 7.14. The van der Waals surface area contributed by atoms with Gasteiger partial charge in [0.1, 0.15) is 17.5 Å². The lowest BCUT2D eigenvalue weighted by Gasteiger charge is -2.43. The molecule has 2 saturated heterocycles. The van der Waals surface area contributed by atoms with E-state index in [2.05, 4.69) is 42.0 Å². The van der Waals surface area contributed by atoms with Crippen molar-refractivity contribution in [2.75, 3.05) is 51.3 Å². The first kappa shape index (κ1) is 27.3. The number of anilines is 1. The number of amidine groups is 1. The molecule has 2 aliphatic rings. The van der Waals surface area contributed by atoms with E-state index in [1.807, 2.05) is 24.4 Å². The van der Waals surface area contributed by atoms with Gasteiger partial charge in [-0.05, 0) is 50.1 Å². The molecule has 0 spiro atoms. The summed E-state index contributed by atoms with van der Waals surface area (Å²) in [6.07, 6.45) is 1.71. The second-order valence-electron chi connectivity index (χ2n) is 9.67. The Bertz CT molecular complexity index is 1130. The quantitative estimate of drug-likeness (QED) is 0.241. The summed E-state index contributed by atoms with van der Waals surface area (Å²) in [4.78, 5) is 11.9. The Kier molecular flexibility index (Phi) is 9.00. The fourth-order valence-electron chi connectivity index (χ4n) is 4.60. The molecule has 2 aromatic rings. The zero-order chi connectivity index (χ0) is 26.5. The Morgan fingerprint density at radius 2 is 1.81 bits per heavy atom. The number of benzene rings is 1. The van der Waals surface area contributed by atoms with Crippen LogP contribution in [0.25, 0.3) is 11.3 Å². The van der Waals surface area contributed by atoms with Gasteiger partial charge < -0.3 is 14.5 Å². The van der Waals surface area contributed by atoms with Crippen molar-refractivity contribution >= 4 is 22.3 Å². The molecule has 0 radical (unpaired) electrons. The van der Waals surface area contributed by atoms with Crippen molar-refractivity contribution in [1.29, 1.82) is 0 Å². The summed E-state index contributed by atoms with van der Waals surface area (Å²) < 4.78 is 18.8. The summed E-state index contributed by atoms with van der Waals surface area (Å²) >= 11 is 1.56. The minimum absolute atomic E-state index is 0.250. The van der Waals surface area contributed by atoms with Crippen LogP contribution in [0.1, 0.15) is 40.5 Å². The van der Waals surface area contributed by atoms with E-state index in [9.17, 15) is 4.39 Å². The van der Waals surface area contributed by atoms with E-state index in [1.54, 1.807) is 23.5 Å². The number of aromatic nitrogens is 1. The topological polar surface area (TPSA) is 47.4 Å². The van der Waals surface area contributed by atoms with Crippen LogP contribution in [0.5, 0.6) is 0 Å². The third-order valence-electron chi connectivity index (χ3n) is 7.06. The number of rotatable bonds is 9. The molecule has 2 fully saturated rings. The zero-order valence-corrected chi connectivity index (χ0v) is 23.5. The first-order chi connectivity index (χ1) is 17.8. The second kappa shape index (κ2) is 12.2. The van der Waals surface area contributed by atoms with Crippen molar-refractivity contribution in [3.8, 4) is 11.3 Å². The fourth-order valence-corrected chi connectivity index (χ4v) is 5.40. The van der Waals surface area contributed by atoms with Crippen LogP contribution in [0.4, 0.5) is 9.52 Å². The lowest BCUT2D eigenvalue weighted by molar-refractivity contribution is -0.0730. The summed E-state index contributed by atoms with van der Waals surface area (Å²) in [6, 6.07) is 7.03. The first-order valence-electron chi connectivity index (χ1n) is 13.1. The van der Waals surface area contributed by atoms with Crippen LogP contribution in [0.2, 0.25) is 0 Å². The molecule has 0 aliphatic carbocycles. The van der Waals surface area contributed by atoms with Crippen LogP contribution in [-0.2, 0) is 4.74 Å². The van der Waals surface area contributed by atoms with Gasteiger partial charge in [-0.15, -0.1) is 11.3 Å². The maximum Gasteiger partial charge on any atom is 0.191 e. The SMILES string of the molecule is C=C(C)N(/N=C(\CC)N1CCN(C2COC2)CC1)/C(=C(\C)CC)N(C)c1nc(-c2ccc(F)cc2)cs1. The normalized spacial score (nSPS) is 17.9.